The van der Waals surface area contributed by atoms with Crippen molar-refractivity contribution >= 4 is 17.6 Å². The van der Waals surface area contributed by atoms with Crippen LogP contribution in [0, 0.1) is 6.92 Å². The molecule has 6 nitrogen and oxygen atoms in total. The number of aryl methyl sites for hydroxylation is 1. The molecule has 1 aromatic heterocycles. The zero-order chi connectivity index (χ0) is 15.4. The van der Waals surface area contributed by atoms with E-state index < -0.39 is 5.97 Å². The van der Waals surface area contributed by atoms with Gasteiger partial charge < -0.3 is 19.7 Å². The number of amides is 1. The molecule has 1 aromatic carbocycles. The van der Waals surface area contributed by atoms with Crippen LogP contribution in [0.4, 0.5) is 5.69 Å². The quantitative estimate of drug-likeness (QED) is 0.883. The van der Waals surface area contributed by atoms with E-state index >= 15 is 0 Å². The minimum Gasteiger partial charge on any atom is -0.497 e. The van der Waals surface area contributed by atoms with E-state index in [0.717, 1.165) is 0 Å². The monoisotopic (exact) mass is 288 g/mol. The third-order valence-corrected chi connectivity index (χ3v) is 3.04. The van der Waals surface area contributed by atoms with Crippen molar-refractivity contribution in [1.29, 1.82) is 0 Å². The number of aromatic nitrogens is 1. The molecule has 0 spiro atoms. The summed E-state index contributed by atoms with van der Waals surface area (Å²) < 4.78 is 6.48. The third-order valence-electron chi connectivity index (χ3n) is 3.04. The minimum atomic E-state index is -1.05. The molecule has 6 heteroatoms. The molecule has 2 N–H and O–H groups in total. The highest BCUT2D eigenvalue weighted by Crippen LogP contribution is 2.17. The van der Waals surface area contributed by atoms with Crippen molar-refractivity contribution in [3.63, 3.8) is 0 Å². The summed E-state index contributed by atoms with van der Waals surface area (Å²) in [4.78, 5) is 23.2. The Hall–Kier alpha value is -2.76. The van der Waals surface area contributed by atoms with Crippen LogP contribution in [0.5, 0.6) is 5.75 Å². The Morgan fingerprint density at radius 3 is 2.76 bits per heavy atom. The Morgan fingerprint density at radius 1 is 1.33 bits per heavy atom. The summed E-state index contributed by atoms with van der Waals surface area (Å²) in [5, 5.41) is 11.8. The van der Waals surface area contributed by atoms with Gasteiger partial charge in [-0.1, -0.05) is 6.07 Å². The molecule has 0 unspecified atom stereocenters. The highest BCUT2D eigenvalue weighted by Gasteiger charge is 2.15. The van der Waals surface area contributed by atoms with E-state index in [4.69, 9.17) is 9.84 Å². The molecule has 1 heterocycles. The number of carbonyl (C=O) groups is 2. The molecule has 0 radical (unpaired) electrons. The van der Waals surface area contributed by atoms with Gasteiger partial charge in [-0.05, 0) is 30.7 Å². The number of hydrogen-bond donors (Lipinski definition) is 2. The molecular weight excluding hydrogens is 272 g/mol. The van der Waals surface area contributed by atoms with Crippen molar-refractivity contribution in [3.05, 3.63) is 47.8 Å². The van der Waals surface area contributed by atoms with Gasteiger partial charge in [0.05, 0.1) is 7.11 Å². The first-order valence-corrected chi connectivity index (χ1v) is 6.34. The van der Waals surface area contributed by atoms with Crippen molar-refractivity contribution in [2.75, 3.05) is 12.4 Å². The number of nitrogens with zero attached hydrogens (tertiary/aromatic N) is 1. The van der Waals surface area contributed by atoms with Gasteiger partial charge in [-0.25, -0.2) is 4.79 Å². The molecule has 21 heavy (non-hydrogen) atoms. The maximum atomic E-state index is 12.0. The summed E-state index contributed by atoms with van der Waals surface area (Å²) in [6.07, 6.45) is 1.59. The number of ether oxygens (including phenoxy) is 1. The van der Waals surface area contributed by atoms with Gasteiger partial charge >= 0.3 is 5.97 Å². The largest absolute Gasteiger partial charge is 0.497 e. The molecule has 0 aliphatic heterocycles. The van der Waals surface area contributed by atoms with Crippen molar-refractivity contribution in [3.8, 4) is 5.75 Å². The lowest BCUT2D eigenvalue weighted by Crippen LogP contribution is -2.21. The molecule has 2 rings (SSSR count). The average molecular weight is 288 g/mol. The number of carbonyl (C=O) groups excluding carboxylic acids is 1. The zero-order valence-corrected chi connectivity index (χ0v) is 11.8. The topological polar surface area (TPSA) is 80.6 Å². The predicted octanol–water partition coefficient (Wildman–Crippen LogP) is 2.14. The standard InChI is InChI=1S/C15H16N2O4/c1-10-6-7-17(14(10)15(19)20)9-13(18)16-11-4-3-5-12(8-11)21-2/h3-8H,9H2,1-2H3,(H,16,18)(H,19,20). The van der Waals surface area contributed by atoms with Gasteiger partial charge in [0.25, 0.3) is 0 Å². The maximum Gasteiger partial charge on any atom is 0.352 e. The number of hydrogen-bond acceptors (Lipinski definition) is 3. The Balaban J connectivity index is 2.10. The van der Waals surface area contributed by atoms with E-state index in [1.807, 2.05) is 0 Å². The van der Waals surface area contributed by atoms with Crippen molar-refractivity contribution < 1.29 is 19.4 Å². The summed E-state index contributed by atoms with van der Waals surface area (Å²) in [5.41, 5.74) is 1.34. The molecular formula is C15H16N2O4. The Kier molecular flexibility index (Phi) is 4.27. The van der Waals surface area contributed by atoms with Crippen LogP contribution in [0.25, 0.3) is 0 Å². The second kappa shape index (κ2) is 6.13. The summed E-state index contributed by atoms with van der Waals surface area (Å²) >= 11 is 0. The van der Waals surface area contributed by atoms with Crippen LogP contribution in [0.3, 0.4) is 0 Å². The van der Waals surface area contributed by atoms with E-state index in [0.29, 0.717) is 17.0 Å². The Labute approximate surface area is 122 Å². The van der Waals surface area contributed by atoms with E-state index in [2.05, 4.69) is 5.32 Å². The number of rotatable bonds is 5. The van der Waals surface area contributed by atoms with Gasteiger partial charge in [0, 0.05) is 18.0 Å². The van der Waals surface area contributed by atoms with E-state index in [9.17, 15) is 9.59 Å². The third kappa shape index (κ3) is 3.42. The molecule has 0 aliphatic rings. The predicted molar refractivity (Wildman–Crippen MR) is 77.8 cm³/mol. The fourth-order valence-electron chi connectivity index (χ4n) is 2.06. The molecule has 110 valence electrons. The number of carboxylic acid groups (broad SMARTS) is 1. The minimum absolute atomic E-state index is 0.0628. The van der Waals surface area contributed by atoms with Crippen molar-refractivity contribution in [2.24, 2.45) is 0 Å². The fraction of sp³-hybridized carbons (Fsp3) is 0.200. The second-order valence-corrected chi connectivity index (χ2v) is 4.56. The van der Waals surface area contributed by atoms with Crippen LogP contribution in [0.2, 0.25) is 0 Å². The molecule has 0 fully saturated rings. The molecule has 0 saturated carbocycles. The number of aromatic carboxylic acids is 1. The first-order valence-electron chi connectivity index (χ1n) is 6.34. The average Bonchev–Trinajstić information content (AvgIpc) is 2.79. The van der Waals surface area contributed by atoms with Crippen LogP contribution in [0.15, 0.2) is 36.5 Å². The van der Waals surface area contributed by atoms with Gasteiger partial charge in [-0.15, -0.1) is 0 Å². The lowest BCUT2D eigenvalue weighted by Gasteiger charge is -2.09. The lowest BCUT2D eigenvalue weighted by atomic mass is 10.3. The van der Waals surface area contributed by atoms with E-state index in [-0.39, 0.29) is 18.1 Å². The molecule has 0 aliphatic carbocycles. The summed E-state index contributed by atoms with van der Waals surface area (Å²) in [6, 6.07) is 8.63. The highest BCUT2D eigenvalue weighted by atomic mass is 16.5. The van der Waals surface area contributed by atoms with Gasteiger partial charge in [0.15, 0.2) is 0 Å². The summed E-state index contributed by atoms with van der Waals surface area (Å²) in [5.74, 6) is -0.719. The normalized spacial score (nSPS) is 10.2. The number of methoxy groups -OCH3 is 1. The van der Waals surface area contributed by atoms with Crippen molar-refractivity contribution in [2.45, 2.75) is 13.5 Å². The maximum absolute atomic E-state index is 12.0. The van der Waals surface area contributed by atoms with Gasteiger partial charge in [0.2, 0.25) is 5.91 Å². The van der Waals surface area contributed by atoms with Gasteiger partial charge in [0.1, 0.15) is 18.0 Å². The van der Waals surface area contributed by atoms with Crippen LogP contribution in [-0.4, -0.2) is 28.7 Å². The zero-order valence-electron chi connectivity index (χ0n) is 11.8. The van der Waals surface area contributed by atoms with Gasteiger partial charge in [-0.3, -0.25) is 4.79 Å². The SMILES string of the molecule is COc1cccc(NC(=O)Cn2ccc(C)c2C(=O)O)c1. The van der Waals surface area contributed by atoms with Crippen LogP contribution in [0.1, 0.15) is 16.1 Å². The first kappa shape index (κ1) is 14.6. The molecule has 1 amide bonds. The molecule has 2 aromatic rings. The Bertz CT molecular complexity index is 676. The highest BCUT2D eigenvalue weighted by molar-refractivity contribution is 5.92. The lowest BCUT2D eigenvalue weighted by molar-refractivity contribution is -0.116. The number of anilines is 1. The molecule has 0 saturated heterocycles. The van der Waals surface area contributed by atoms with E-state index in [1.54, 1.807) is 50.6 Å². The van der Waals surface area contributed by atoms with Crippen molar-refractivity contribution in [1.82, 2.24) is 4.57 Å². The smallest absolute Gasteiger partial charge is 0.352 e. The number of benzene rings is 1. The number of nitrogens with one attached hydrogen (secondary N) is 1. The number of carboxylic acids is 1. The summed E-state index contributed by atoms with van der Waals surface area (Å²) in [7, 11) is 1.54. The fourth-order valence-corrected chi connectivity index (χ4v) is 2.06. The van der Waals surface area contributed by atoms with E-state index in [1.165, 1.54) is 4.57 Å². The first-order chi connectivity index (χ1) is 10.0. The summed E-state index contributed by atoms with van der Waals surface area (Å²) in [6.45, 7) is 1.63. The second-order valence-electron chi connectivity index (χ2n) is 4.56. The van der Waals surface area contributed by atoms with Crippen LogP contribution >= 0.6 is 0 Å². The van der Waals surface area contributed by atoms with Crippen LogP contribution in [-0.2, 0) is 11.3 Å². The van der Waals surface area contributed by atoms with Gasteiger partial charge in [-0.2, -0.15) is 0 Å². The van der Waals surface area contributed by atoms with Crippen LogP contribution < -0.4 is 10.1 Å². The Morgan fingerprint density at radius 2 is 2.10 bits per heavy atom. The molecule has 0 atom stereocenters. The molecule has 0 bridgehead atoms.